The topological polar surface area (TPSA) is 86.7 Å². The van der Waals surface area contributed by atoms with E-state index in [-0.39, 0.29) is 36.9 Å². The molecule has 1 fully saturated rings. The Labute approximate surface area is 120 Å². The van der Waals surface area contributed by atoms with Gasteiger partial charge in [-0.05, 0) is 36.5 Å². The first-order chi connectivity index (χ1) is 9.16. The lowest BCUT2D eigenvalue weighted by atomic mass is 9.63. The van der Waals surface area contributed by atoms with Gasteiger partial charge in [0.1, 0.15) is 0 Å². The van der Waals surface area contributed by atoms with E-state index in [9.17, 15) is 16.8 Å². The minimum atomic E-state index is -3.49. The molecule has 3 rings (SSSR count). The first-order valence-electron chi connectivity index (χ1n) is 6.53. The van der Waals surface area contributed by atoms with E-state index in [1.165, 1.54) is 0 Å². The Hall–Kier alpha value is -0.440. The summed E-state index contributed by atoms with van der Waals surface area (Å²) in [5.74, 6) is 0.426. The molecule has 0 saturated heterocycles. The van der Waals surface area contributed by atoms with Crippen molar-refractivity contribution in [2.45, 2.75) is 12.8 Å². The molecule has 2 bridgehead atoms. The molecule has 20 heavy (non-hydrogen) atoms. The lowest BCUT2D eigenvalue weighted by Crippen LogP contribution is -2.42. The molecule has 4 atom stereocenters. The summed E-state index contributed by atoms with van der Waals surface area (Å²) in [6, 6.07) is 0. The second-order valence-electron chi connectivity index (χ2n) is 5.59. The molecule has 0 amide bonds. The van der Waals surface area contributed by atoms with Crippen LogP contribution in [0.3, 0.4) is 0 Å². The van der Waals surface area contributed by atoms with E-state index in [0.717, 1.165) is 25.4 Å². The molecule has 8 heteroatoms. The summed E-state index contributed by atoms with van der Waals surface area (Å²) < 4.78 is 54.4. The molecule has 3 aliphatic rings. The smallest absolute Gasteiger partial charge is 0.264 e. The summed E-state index contributed by atoms with van der Waals surface area (Å²) in [5, 5.41) is 0. The molecule has 6 nitrogen and oxygen atoms in total. The summed E-state index contributed by atoms with van der Waals surface area (Å²) in [4.78, 5) is 0. The van der Waals surface area contributed by atoms with Gasteiger partial charge in [-0.25, -0.2) is 0 Å². The number of fused-ring (bicyclic) bond motifs is 2. The molecule has 3 aliphatic carbocycles. The van der Waals surface area contributed by atoms with Gasteiger partial charge in [0, 0.05) is 0 Å². The highest BCUT2D eigenvalue weighted by atomic mass is 32.2. The van der Waals surface area contributed by atoms with Crippen molar-refractivity contribution in [3.05, 3.63) is 12.2 Å². The highest BCUT2D eigenvalue weighted by Gasteiger charge is 2.41. The maximum atomic E-state index is 11.1. The van der Waals surface area contributed by atoms with Crippen LogP contribution in [0.1, 0.15) is 12.8 Å². The van der Waals surface area contributed by atoms with Crippen LogP contribution in [0.15, 0.2) is 12.2 Å². The number of allylic oxidation sites excluding steroid dienone is 2. The fraction of sp³-hybridized carbons (Fsp3) is 0.833. The SMILES string of the molecule is CS(=O)(=O)OC[C@@H]1[C@@H](COS(C)(=O)=O)[C@H]2C=C[C@H]1CC2. The maximum absolute atomic E-state index is 11.1. The van der Waals surface area contributed by atoms with Gasteiger partial charge in [-0.15, -0.1) is 0 Å². The Bertz CT molecular complexity index is 525. The highest BCUT2D eigenvalue weighted by Crippen LogP contribution is 2.45. The van der Waals surface area contributed by atoms with Crippen LogP contribution < -0.4 is 0 Å². The Morgan fingerprint density at radius 2 is 1.20 bits per heavy atom. The Morgan fingerprint density at radius 1 is 0.850 bits per heavy atom. The molecular formula is C12H20O6S2. The monoisotopic (exact) mass is 324 g/mol. The predicted octanol–water partition coefficient (Wildman–Crippen LogP) is 0.767. The summed E-state index contributed by atoms with van der Waals surface area (Å²) in [7, 11) is -6.98. The van der Waals surface area contributed by atoms with Crippen LogP contribution in [0.25, 0.3) is 0 Å². The number of hydrogen-bond acceptors (Lipinski definition) is 6. The summed E-state index contributed by atoms with van der Waals surface area (Å²) >= 11 is 0. The van der Waals surface area contributed by atoms with Crippen LogP contribution in [0.4, 0.5) is 0 Å². The van der Waals surface area contributed by atoms with Crippen LogP contribution in [-0.4, -0.2) is 42.6 Å². The molecule has 0 unspecified atom stereocenters. The van der Waals surface area contributed by atoms with Crippen molar-refractivity contribution in [1.29, 1.82) is 0 Å². The van der Waals surface area contributed by atoms with Gasteiger partial charge in [-0.2, -0.15) is 16.8 Å². The minimum absolute atomic E-state index is 0.0183. The lowest BCUT2D eigenvalue weighted by molar-refractivity contribution is 0.0445. The average molecular weight is 324 g/mol. The quantitative estimate of drug-likeness (QED) is 0.530. The van der Waals surface area contributed by atoms with Gasteiger partial charge in [0.2, 0.25) is 0 Å². The van der Waals surface area contributed by atoms with Gasteiger partial charge in [0.05, 0.1) is 25.7 Å². The number of rotatable bonds is 6. The highest BCUT2D eigenvalue weighted by molar-refractivity contribution is 7.86. The van der Waals surface area contributed by atoms with Gasteiger partial charge >= 0.3 is 0 Å². The molecule has 0 aliphatic heterocycles. The van der Waals surface area contributed by atoms with Crippen molar-refractivity contribution >= 4 is 20.2 Å². The van der Waals surface area contributed by atoms with Crippen molar-refractivity contribution in [2.24, 2.45) is 23.7 Å². The standard InChI is InChI=1S/C12H20O6S2/c1-19(13,14)17-7-11-9-3-5-10(6-4-9)12(11)8-18-20(2,15)16/h3,5,9-12H,4,6-8H2,1-2H3/t9-,10-,11-,12-/m0/s1. The third-order valence-electron chi connectivity index (χ3n) is 4.04. The van der Waals surface area contributed by atoms with E-state index in [1.807, 2.05) is 0 Å². The summed E-state index contributed by atoms with van der Waals surface area (Å²) in [6.07, 6.45) is 8.17. The molecular weight excluding hydrogens is 304 g/mol. The van der Waals surface area contributed by atoms with E-state index in [4.69, 9.17) is 8.37 Å². The molecule has 0 aromatic carbocycles. The van der Waals surface area contributed by atoms with Gasteiger partial charge < -0.3 is 0 Å². The Balaban J connectivity index is 2.07. The van der Waals surface area contributed by atoms with Gasteiger partial charge in [-0.1, -0.05) is 12.2 Å². The van der Waals surface area contributed by atoms with Crippen molar-refractivity contribution in [2.75, 3.05) is 25.7 Å². The van der Waals surface area contributed by atoms with Gasteiger partial charge in [0.15, 0.2) is 0 Å². The van der Waals surface area contributed by atoms with Crippen molar-refractivity contribution in [1.82, 2.24) is 0 Å². The molecule has 0 N–H and O–H groups in total. The number of hydrogen-bond donors (Lipinski definition) is 0. The zero-order valence-corrected chi connectivity index (χ0v) is 13.2. The Morgan fingerprint density at radius 3 is 1.45 bits per heavy atom. The van der Waals surface area contributed by atoms with Crippen LogP contribution in [-0.2, 0) is 28.6 Å². The Kier molecular flexibility index (Phi) is 4.58. The van der Waals surface area contributed by atoms with Crippen LogP contribution in [0.2, 0.25) is 0 Å². The van der Waals surface area contributed by atoms with Crippen LogP contribution in [0, 0.1) is 23.7 Å². The lowest BCUT2D eigenvalue weighted by Gasteiger charge is -2.44. The fourth-order valence-corrected chi connectivity index (χ4v) is 3.92. The second-order valence-corrected chi connectivity index (χ2v) is 8.88. The van der Waals surface area contributed by atoms with Crippen molar-refractivity contribution in [3.63, 3.8) is 0 Å². The van der Waals surface area contributed by atoms with E-state index >= 15 is 0 Å². The fourth-order valence-electron chi connectivity index (χ4n) is 3.11. The van der Waals surface area contributed by atoms with E-state index in [1.54, 1.807) is 0 Å². The molecule has 0 spiro atoms. The van der Waals surface area contributed by atoms with Crippen molar-refractivity contribution in [3.8, 4) is 0 Å². The van der Waals surface area contributed by atoms with Gasteiger partial charge in [-0.3, -0.25) is 8.37 Å². The minimum Gasteiger partial charge on any atom is -0.270 e. The third kappa shape index (κ3) is 4.28. The van der Waals surface area contributed by atoms with Crippen molar-refractivity contribution < 1.29 is 25.2 Å². The largest absolute Gasteiger partial charge is 0.270 e. The maximum Gasteiger partial charge on any atom is 0.264 e. The molecule has 0 heterocycles. The third-order valence-corrected chi connectivity index (χ3v) is 5.17. The average Bonchev–Trinajstić information content (AvgIpc) is 2.33. The predicted molar refractivity (Wildman–Crippen MR) is 73.9 cm³/mol. The summed E-state index contributed by atoms with van der Waals surface area (Å²) in [5.41, 5.74) is 0. The first kappa shape index (κ1) is 15.9. The van der Waals surface area contributed by atoms with Gasteiger partial charge in [0.25, 0.3) is 20.2 Å². The van der Waals surface area contributed by atoms with Crippen LogP contribution >= 0.6 is 0 Å². The molecule has 0 aromatic heterocycles. The van der Waals surface area contributed by atoms with E-state index < -0.39 is 20.2 Å². The second kappa shape index (κ2) is 5.75. The van der Waals surface area contributed by atoms with Crippen LogP contribution in [0.5, 0.6) is 0 Å². The first-order valence-corrected chi connectivity index (χ1v) is 10.2. The zero-order chi connectivity index (χ0) is 15.0. The molecule has 0 aromatic rings. The van der Waals surface area contributed by atoms with E-state index in [2.05, 4.69) is 12.2 Å². The molecule has 0 radical (unpaired) electrons. The zero-order valence-electron chi connectivity index (χ0n) is 11.6. The molecule has 116 valence electrons. The normalized spacial score (nSPS) is 33.5. The molecule has 1 saturated carbocycles. The summed E-state index contributed by atoms with van der Waals surface area (Å²) in [6.45, 7) is 0.171. The van der Waals surface area contributed by atoms with E-state index in [0.29, 0.717) is 0 Å².